The molecule has 1 rings (SSSR count). The van der Waals surface area contributed by atoms with Crippen molar-refractivity contribution in [1.82, 2.24) is 0 Å². The highest BCUT2D eigenvalue weighted by molar-refractivity contribution is 9.10. The minimum Gasteiger partial charge on any atom is -0.389 e. The third-order valence-electron chi connectivity index (χ3n) is 2.21. The molecule has 0 amide bonds. The molecule has 0 saturated carbocycles. The van der Waals surface area contributed by atoms with E-state index in [1.165, 1.54) is 6.26 Å². The van der Waals surface area contributed by atoms with Crippen molar-refractivity contribution in [2.24, 2.45) is 5.73 Å². The molecule has 18 heavy (non-hydrogen) atoms. The third kappa shape index (κ3) is 4.91. The monoisotopic (exact) mass is 350 g/mol. The topological polar surface area (TPSA) is 72.2 Å². The number of thiocarbonyl (C=S) groups is 1. The van der Waals surface area contributed by atoms with Crippen LogP contribution in [0.25, 0.3) is 0 Å². The summed E-state index contributed by atoms with van der Waals surface area (Å²) in [5, 5.41) is 3.12. The molecular formula is C11H15BrN2O2S2. The van der Waals surface area contributed by atoms with E-state index in [2.05, 4.69) is 21.2 Å². The van der Waals surface area contributed by atoms with Crippen LogP contribution in [0.3, 0.4) is 0 Å². The quantitative estimate of drug-likeness (QED) is 0.793. The first-order chi connectivity index (χ1) is 8.19. The predicted molar refractivity (Wildman–Crippen MR) is 82.8 cm³/mol. The van der Waals surface area contributed by atoms with Crippen LogP contribution < -0.4 is 11.1 Å². The fourth-order valence-electron chi connectivity index (χ4n) is 1.55. The van der Waals surface area contributed by atoms with Crippen LogP contribution in [0.5, 0.6) is 0 Å². The van der Waals surface area contributed by atoms with Crippen LogP contribution in [-0.2, 0) is 9.84 Å². The Morgan fingerprint density at radius 2 is 2.17 bits per heavy atom. The molecule has 0 radical (unpaired) electrons. The molecule has 100 valence electrons. The standard InChI is InChI=1S/C11H15BrN2O2S2/c1-7(6-18(2,15)16)14-10-4-3-8(11(13)17)5-9(10)12/h3-5,7,14H,6H2,1-2H3,(H2,13,17). The summed E-state index contributed by atoms with van der Waals surface area (Å²) in [7, 11) is -3.00. The minimum absolute atomic E-state index is 0.0799. The molecule has 1 atom stereocenters. The molecule has 0 spiro atoms. The molecule has 3 N–H and O–H groups in total. The second-order valence-corrected chi connectivity index (χ2v) is 7.68. The summed E-state index contributed by atoms with van der Waals surface area (Å²) in [5.41, 5.74) is 7.10. The van der Waals surface area contributed by atoms with Gasteiger partial charge in [-0.3, -0.25) is 0 Å². The zero-order chi connectivity index (χ0) is 13.9. The number of hydrogen-bond acceptors (Lipinski definition) is 4. The van der Waals surface area contributed by atoms with E-state index in [1.54, 1.807) is 12.1 Å². The molecule has 7 heteroatoms. The number of rotatable bonds is 5. The van der Waals surface area contributed by atoms with E-state index in [1.807, 2.05) is 13.0 Å². The Morgan fingerprint density at radius 1 is 1.56 bits per heavy atom. The van der Waals surface area contributed by atoms with Gasteiger partial charge in [0.25, 0.3) is 0 Å². The van der Waals surface area contributed by atoms with Crippen LogP contribution in [0.15, 0.2) is 22.7 Å². The average molecular weight is 351 g/mol. The number of anilines is 1. The number of sulfone groups is 1. The summed E-state index contributed by atoms with van der Waals surface area (Å²) < 4.78 is 23.1. The van der Waals surface area contributed by atoms with Gasteiger partial charge in [-0.15, -0.1) is 0 Å². The third-order valence-corrected chi connectivity index (χ3v) is 4.21. The lowest BCUT2D eigenvalue weighted by molar-refractivity contribution is 0.598. The van der Waals surface area contributed by atoms with Gasteiger partial charge in [0, 0.05) is 28.0 Å². The van der Waals surface area contributed by atoms with Crippen molar-refractivity contribution in [2.45, 2.75) is 13.0 Å². The van der Waals surface area contributed by atoms with E-state index in [4.69, 9.17) is 18.0 Å². The minimum atomic E-state index is -3.00. The van der Waals surface area contributed by atoms with Crippen LogP contribution in [0.1, 0.15) is 12.5 Å². The lowest BCUT2D eigenvalue weighted by atomic mass is 10.2. The smallest absolute Gasteiger partial charge is 0.149 e. The van der Waals surface area contributed by atoms with Gasteiger partial charge in [-0.1, -0.05) is 12.2 Å². The summed E-state index contributed by atoms with van der Waals surface area (Å²) in [5.74, 6) is 0.0799. The first-order valence-corrected chi connectivity index (χ1v) is 8.49. The van der Waals surface area contributed by atoms with Crippen molar-refractivity contribution < 1.29 is 8.42 Å². The van der Waals surface area contributed by atoms with E-state index < -0.39 is 9.84 Å². The van der Waals surface area contributed by atoms with Crippen molar-refractivity contribution >= 4 is 48.7 Å². The maximum Gasteiger partial charge on any atom is 0.149 e. The summed E-state index contributed by atoms with van der Waals surface area (Å²) in [6.07, 6.45) is 1.22. The van der Waals surface area contributed by atoms with E-state index in [9.17, 15) is 8.42 Å². The first-order valence-electron chi connectivity index (χ1n) is 5.22. The van der Waals surface area contributed by atoms with E-state index in [-0.39, 0.29) is 11.8 Å². The molecule has 1 aromatic rings. The summed E-state index contributed by atoms with van der Waals surface area (Å²) in [6, 6.07) is 5.24. The largest absolute Gasteiger partial charge is 0.389 e. The average Bonchev–Trinajstić information content (AvgIpc) is 2.17. The zero-order valence-corrected chi connectivity index (χ0v) is 13.3. The van der Waals surface area contributed by atoms with Crippen LogP contribution >= 0.6 is 28.1 Å². The molecule has 0 fully saturated rings. The molecule has 0 aliphatic carbocycles. The molecule has 1 unspecified atom stereocenters. The van der Waals surface area contributed by atoms with Crippen molar-refractivity contribution in [2.75, 3.05) is 17.3 Å². The van der Waals surface area contributed by atoms with Crippen LogP contribution in [0, 0.1) is 0 Å². The van der Waals surface area contributed by atoms with E-state index in [0.717, 1.165) is 15.7 Å². The predicted octanol–water partition coefficient (Wildman–Crippen LogP) is 1.93. The van der Waals surface area contributed by atoms with Crippen molar-refractivity contribution in [3.05, 3.63) is 28.2 Å². The Kier molecular flexibility index (Phi) is 5.12. The summed E-state index contributed by atoms with van der Waals surface area (Å²) >= 11 is 8.28. The van der Waals surface area contributed by atoms with Gasteiger partial charge in [0.2, 0.25) is 0 Å². The Hall–Kier alpha value is -0.660. The van der Waals surface area contributed by atoms with Gasteiger partial charge in [-0.2, -0.15) is 0 Å². The maximum atomic E-state index is 11.2. The molecule has 1 aromatic carbocycles. The maximum absolute atomic E-state index is 11.2. The van der Waals surface area contributed by atoms with Gasteiger partial charge in [-0.25, -0.2) is 8.42 Å². The summed E-state index contributed by atoms with van der Waals surface area (Å²) in [6.45, 7) is 1.81. The first kappa shape index (κ1) is 15.4. The lowest BCUT2D eigenvalue weighted by Gasteiger charge is -2.16. The van der Waals surface area contributed by atoms with Crippen molar-refractivity contribution in [3.63, 3.8) is 0 Å². The lowest BCUT2D eigenvalue weighted by Crippen LogP contribution is -2.25. The van der Waals surface area contributed by atoms with Gasteiger partial charge in [-0.05, 0) is 41.1 Å². The fraction of sp³-hybridized carbons (Fsp3) is 0.364. The SMILES string of the molecule is CC(CS(C)(=O)=O)Nc1ccc(C(N)=S)cc1Br. The van der Waals surface area contributed by atoms with Gasteiger partial charge < -0.3 is 11.1 Å². The Morgan fingerprint density at radius 3 is 2.61 bits per heavy atom. The number of hydrogen-bond donors (Lipinski definition) is 2. The Balaban J connectivity index is 2.83. The molecular weight excluding hydrogens is 336 g/mol. The van der Waals surface area contributed by atoms with Gasteiger partial charge in [0.15, 0.2) is 0 Å². The van der Waals surface area contributed by atoms with Gasteiger partial charge in [0.05, 0.1) is 5.75 Å². The fourth-order valence-corrected chi connectivity index (χ4v) is 3.16. The highest BCUT2D eigenvalue weighted by Crippen LogP contribution is 2.24. The normalized spacial score (nSPS) is 13.1. The number of nitrogens with one attached hydrogen (secondary N) is 1. The molecule has 4 nitrogen and oxygen atoms in total. The Labute approximate surface area is 121 Å². The van der Waals surface area contributed by atoms with Crippen molar-refractivity contribution in [1.29, 1.82) is 0 Å². The van der Waals surface area contributed by atoms with Gasteiger partial charge >= 0.3 is 0 Å². The second-order valence-electron chi connectivity index (χ2n) is 4.20. The second kappa shape index (κ2) is 5.99. The van der Waals surface area contributed by atoms with Crippen molar-refractivity contribution in [3.8, 4) is 0 Å². The number of benzene rings is 1. The van der Waals surface area contributed by atoms with Gasteiger partial charge in [0.1, 0.15) is 14.8 Å². The molecule has 0 aliphatic rings. The molecule has 0 aromatic heterocycles. The molecule has 0 aliphatic heterocycles. The van der Waals surface area contributed by atoms with E-state index in [0.29, 0.717) is 4.99 Å². The van der Waals surface area contributed by atoms with Crippen LogP contribution in [0.4, 0.5) is 5.69 Å². The van der Waals surface area contributed by atoms with Crippen LogP contribution in [0.2, 0.25) is 0 Å². The zero-order valence-electron chi connectivity index (χ0n) is 10.1. The molecule has 0 heterocycles. The number of nitrogens with two attached hydrogens (primary N) is 1. The summed E-state index contributed by atoms with van der Waals surface area (Å²) in [4.78, 5) is 0.325. The number of halogens is 1. The highest BCUT2D eigenvalue weighted by Gasteiger charge is 2.12. The Bertz CT molecular complexity index is 558. The highest BCUT2D eigenvalue weighted by atomic mass is 79.9. The molecule has 0 bridgehead atoms. The molecule has 0 saturated heterocycles. The van der Waals surface area contributed by atoms with Crippen LogP contribution in [-0.4, -0.2) is 31.5 Å². The van der Waals surface area contributed by atoms with E-state index >= 15 is 0 Å².